The number of aryl methyl sites for hydroxylation is 2. The zero-order chi connectivity index (χ0) is 20.8. The number of carbonyl (C=O) groups excluding carboxylic acids is 2. The fourth-order valence-electron chi connectivity index (χ4n) is 4.52. The first-order chi connectivity index (χ1) is 14.5. The average molecular weight is 406 g/mol. The molecule has 2 aliphatic heterocycles. The molecule has 0 unspecified atom stereocenters. The van der Waals surface area contributed by atoms with Crippen LogP contribution in [0.15, 0.2) is 24.5 Å². The minimum absolute atomic E-state index is 0.00606. The third kappa shape index (κ3) is 3.07. The van der Waals surface area contributed by atoms with E-state index in [1.165, 1.54) is 0 Å². The van der Waals surface area contributed by atoms with Gasteiger partial charge in [0.1, 0.15) is 11.3 Å². The van der Waals surface area contributed by atoms with E-state index in [1.807, 2.05) is 46.2 Å². The predicted octanol–water partition coefficient (Wildman–Crippen LogP) is 2.29. The van der Waals surface area contributed by atoms with Crippen molar-refractivity contribution in [3.05, 3.63) is 52.7 Å². The first-order valence-corrected chi connectivity index (χ1v) is 10.7. The summed E-state index contributed by atoms with van der Waals surface area (Å²) in [4.78, 5) is 34.5. The maximum absolute atomic E-state index is 13.2. The normalized spacial score (nSPS) is 16.3. The fourth-order valence-corrected chi connectivity index (χ4v) is 4.52. The van der Waals surface area contributed by atoms with Crippen LogP contribution >= 0.6 is 0 Å². The number of nitrogens with zero attached hydrogens (tertiary/aromatic N) is 6. The summed E-state index contributed by atoms with van der Waals surface area (Å²) in [7, 11) is 0. The lowest BCUT2D eigenvalue weighted by Gasteiger charge is -2.27. The lowest BCUT2D eigenvalue weighted by atomic mass is 10.0. The van der Waals surface area contributed by atoms with Gasteiger partial charge in [-0.25, -0.2) is 4.98 Å². The first kappa shape index (κ1) is 18.8. The number of hydrogen-bond acceptors (Lipinski definition) is 4. The molecular weight excluding hydrogens is 380 g/mol. The van der Waals surface area contributed by atoms with Crippen molar-refractivity contribution < 1.29 is 9.59 Å². The number of likely N-dealkylation sites (tertiary alicyclic amines) is 1. The number of amides is 2. The monoisotopic (exact) mass is 406 g/mol. The number of rotatable bonds is 3. The maximum Gasteiger partial charge on any atom is 0.274 e. The largest absolute Gasteiger partial charge is 0.337 e. The molecule has 3 aromatic rings. The molecule has 156 valence electrons. The topological polar surface area (TPSA) is 75.7 Å². The van der Waals surface area contributed by atoms with Crippen molar-refractivity contribution in [1.29, 1.82) is 0 Å². The highest BCUT2D eigenvalue weighted by molar-refractivity contribution is 5.96. The van der Waals surface area contributed by atoms with Crippen LogP contribution in [0.1, 0.15) is 57.6 Å². The Hall–Kier alpha value is -3.16. The molecule has 0 atom stereocenters. The number of imidazole rings is 1. The molecule has 2 amide bonds. The van der Waals surface area contributed by atoms with Gasteiger partial charge in [-0.3, -0.25) is 14.3 Å². The Bertz CT molecular complexity index is 1140. The number of fused-ring (bicyclic) bond motifs is 2. The van der Waals surface area contributed by atoms with E-state index in [0.717, 1.165) is 54.9 Å². The summed E-state index contributed by atoms with van der Waals surface area (Å²) in [5, 5.41) is 4.63. The summed E-state index contributed by atoms with van der Waals surface area (Å²) in [5.41, 5.74) is 4.78. The molecule has 0 spiro atoms. The molecule has 0 saturated carbocycles. The smallest absolute Gasteiger partial charge is 0.274 e. The van der Waals surface area contributed by atoms with Gasteiger partial charge >= 0.3 is 0 Å². The second-order valence-corrected chi connectivity index (χ2v) is 8.16. The molecule has 8 nitrogen and oxygen atoms in total. The van der Waals surface area contributed by atoms with Gasteiger partial charge < -0.3 is 14.2 Å². The standard InChI is InChI=1S/C22H26N6O2/c1-3-28-18-7-11-27(13-16(18)20(24-28)22(30)25-8-4-5-9-25)21(29)17-14-26-10-6-15(2)12-19(26)23-17/h6,10,12,14H,3-5,7-9,11,13H2,1-2H3. The van der Waals surface area contributed by atoms with Crippen LogP contribution in [0.2, 0.25) is 0 Å². The first-order valence-electron chi connectivity index (χ1n) is 10.7. The van der Waals surface area contributed by atoms with Gasteiger partial charge in [0.05, 0.1) is 6.54 Å². The van der Waals surface area contributed by atoms with E-state index < -0.39 is 0 Å². The third-order valence-corrected chi connectivity index (χ3v) is 6.15. The van der Waals surface area contributed by atoms with Crippen molar-refractivity contribution in [3.8, 4) is 0 Å². The molecule has 8 heteroatoms. The number of aromatic nitrogens is 4. The van der Waals surface area contributed by atoms with Gasteiger partial charge in [0.25, 0.3) is 11.8 Å². The SMILES string of the molecule is CCn1nc(C(=O)N2CCCC2)c2c1CCN(C(=O)c1cn3ccc(C)cc3n1)C2. The Morgan fingerprint density at radius 2 is 1.90 bits per heavy atom. The molecule has 5 rings (SSSR count). The second-order valence-electron chi connectivity index (χ2n) is 8.16. The number of hydrogen-bond donors (Lipinski definition) is 0. The van der Waals surface area contributed by atoms with Gasteiger partial charge in [-0.15, -0.1) is 0 Å². The highest BCUT2D eigenvalue weighted by Crippen LogP contribution is 2.26. The van der Waals surface area contributed by atoms with Gasteiger partial charge in [0.15, 0.2) is 5.69 Å². The summed E-state index contributed by atoms with van der Waals surface area (Å²) in [5.74, 6) is -0.112. The van der Waals surface area contributed by atoms with Crippen molar-refractivity contribution in [3.63, 3.8) is 0 Å². The summed E-state index contributed by atoms with van der Waals surface area (Å²) in [6.45, 7) is 7.33. The molecule has 0 aliphatic carbocycles. The Balaban J connectivity index is 1.45. The van der Waals surface area contributed by atoms with Gasteiger partial charge in [-0.2, -0.15) is 5.10 Å². The molecule has 0 N–H and O–H groups in total. The van der Waals surface area contributed by atoms with E-state index in [-0.39, 0.29) is 11.8 Å². The molecule has 0 radical (unpaired) electrons. The zero-order valence-corrected chi connectivity index (χ0v) is 17.5. The van der Waals surface area contributed by atoms with Crippen molar-refractivity contribution in [2.24, 2.45) is 0 Å². The van der Waals surface area contributed by atoms with E-state index in [4.69, 9.17) is 0 Å². The van der Waals surface area contributed by atoms with Crippen LogP contribution in [0.3, 0.4) is 0 Å². The van der Waals surface area contributed by atoms with Crippen molar-refractivity contribution >= 4 is 17.5 Å². The summed E-state index contributed by atoms with van der Waals surface area (Å²) >= 11 is 0. The molecular formula is C22H26N6O2. The van der Waals surface area contributed by atoms with Crippen molar-refractivity contribution in [1.82, 2.24) is 29.0 Å². The van der Waals surface area contributed by atoms with Crippen molar-refractivity contribution in [2.45, 2.75) is 46.2 Å². The second kappa shape index (κ2) is 7.27. The summed E-state index contributed by atoms with van der Waals surface area (Å²) in [6.07, 6.45) is 6.47. The van der Waals surface area contributed by atoms with Crippen LogP contribution in [-0.4, -0.2) is 60.4 Å². The average Bonchev–Trinajstić information content (AvgIpc) is 3.49. The van der Waals surface area contributed by atoms with Crippen LogP contribution < -0.4 is 0 Å². The van der Waals surface area contributed by atoms with Gasteiger partial charge in [-0.05, 0) is 44.4 Å². The summed E-state index contributed by atoms with van der Waals surface area (Å²) in [6, 6.07) is 3.95. The Morgan fingerprint density at radius 1 is 1.10 bits per heavy atom. The highest BCUT2D eigenvalue weighted by atomic mass is 16.2. The van der Waals surface area contributed by atoms with Crippen LogP contribution in [0.4, 0.5) is 0 Å². The lowest BCUT2D eigenvalue weighted by Crippen LogP contribution is -2.37. The Morgan fingerprint density at radius 3 is 2.67 bits per heavy atom. The highest BCUT2D eigenvalue weighted by Gasteiger charge is 2.33. The van der Waals surface area contributed by atoms with Crippen LogP contribution in [0.5, 0.6) is 0 Å². The van der Waals surface area contributed by atoms with E-state index in [9.17, 15) is 9.59 Å². The van der Waals surface area contributed by atoms with E-state index in [2.05, 4.69) is 10.1 Å². The molecule has 1 saturated heterocycles. The van der Waals surface area contributed by atoms with E-state index in [0.29, 0.717) is 30.9 Å². The number of carbonyl (C=O) groups is 2. The quantitative estimate of drug-likeness (QED) is 0.669. The molecule has 1 fully saturated rings. The van der Waals surface area contributed by atoms with Gasteiger partial charge in [0.2, 0.25) is 0 Å². The Kier molecular flexibility index (Phi) is 4.56. The predicted molar refractivity (Wildman–Crippen MR) is 111 cm³/mol. The van der Waals surface area contributed by atoms with Crippen LogP contribution in [0.25, 0.3) is 5.65 Å². The Labute approximate surface area is 175 Å². The van der Waals surface area contributed by atoms with Gasteiger partial charge in [-0.1, -0.05) is 0 Å². The van der Waals surface area contributed by atoms with Crippen LogP contribution in [-0.2, 0) is 19.5 Å². The molecule has 5 heterocycles. The summed E-state index contributed by atoms with van der Waals surface area (Å²) < 4.78 is 3.79. The van der Waals surface area contributed by atoms with E-state index >= 15 is 0 Å². The van der Waals surface area contributed by atoms with Gasteiger partial charge in [0, 0.05) is 56.3 Å². The minimum atomic E-state index is -0.106. The number of pyridine rings is 1. The molecule has 3 aromatic heterocycles. The fraction of sp³-hybridized carbons (Fsp3) is 0.455. The van der Waals surface area contributed by atoms with E-state index in [1.54, 1.807) is 11.1 Å². The molecule has 0 aromatic carbocycles. The van der Waals surface area contributed by atoms with Crippen LogP contribution in [0, 0.1) is 6.92 Å². The lowest BCUT2D eigenvalue weighted by molar-refractivity contribution is 0.0718. The molecule has 30 heavy (non-hydrogen) atoms. The molecule has 0 bridgehead atoms. The zero-order valence-electron chi connectivity index (χ0n) is 17.5. The molecule has 2 aliphatic rings. The third-order valence-electron chi connectivity index (χ3n) is 6.15. The minimum Gasteiger partial charge on any atom is -0.337 e. The van der Waals surface area contributed by atoms with Crippen molar-refractivity contribution in [2.75, 3.05) is 19.6 Å². The maximum atomic E-state index is 13.2.